The average molecular weight is 720 g/mol. The fourth-order valence-electron chi connectivity index (χ4n) is 7.89. The molecule has 11 heteroatoms. The number of nitrogens with zero attached hydrogens (tertiary/aromatic N) is 1. The Morgan fingerprint density at radius 3 is 2.37 bits per heavy atom. The minimum atomic E-state index is -2.95. The molecule has 0 aromatic rings. The van der Waals surface area contributed by atoms with Gasteiger partial charge in [-0.25, -0.2) is 4.79 Å². The lowest BCUT2D eigenvalue weighted by atomic mass is 9.83. The zero-order valence-electron chi connectivity index (χ0n) is 31.9. The van der Waals surface area contributed by atoms with Gasteiger partial charge in [0.15, 0.2) is 0 Å². The van der Waals surface area contributed by atoms with Gasteiger partial charge in [-0.15, -0.1) is 0 Å². The van der Waals surface area contributed by atoms with Gasteiger partial charge in [0, 0.05) is 33.1 Å². The Hall–Kier alpha value is -2.41. The number of fused-ring (bicyclic) bond motifs is 1. The van der Waals surface area contributed by atoms with E-state index < -0.39 is 53.7 Å². The summed E-state index contributed by atoms with van der Waals surface area (Å²) in [4.78, 5) is 42.1. The fraction of sp³-hybridized carbons (Fsp3) is 0.775. The molecule has 51 heavy (non-hydrogen) atoms. The molecule has 0 aromatic carbocycles. The van der Waals surface area contributed by atoms with E-state index in [1.165, 1.54) is 12.5 Å². The number of allylic oxidation sites excluding steroid dienone is 3. The first-order valence-electron chi connectivity index (χ1n) is 19.0. The predicted octanol–water partition coefficient (Wildman–Crippen LogP) is 4.94. The van der Waals surface area contributed by atoms with Crippen LogP contribution in [0.5, 0.6) is 0 Å². The molecule has 7 unspecified atom stereocenters. The second-order valence-corrected chi connectivity index (χ2v) is 15.6. The van der Waals surface area contributed by atoms with Gasteiger partial charge in [-0.1, -0.05) is 56.6 Å². The Bertz CT molecular complexity index is 1240. The van der Waals surface area contributed by atoms with Crippen molar-refractivity contribution >= 4 is 17.7 Å². The van der Waals surface area contributed by atoms with Crippen molar-refractivity contribution in [3.8, 4) is 0 Å². The molecule has 1 aliphatic carbocycles. The van der Waals surface area contributed by atoms with Crippen molar-refractivity contribution in [2.75, 3.05) is 20.8 Å². The number of methoxy groups -OCH3 is 2. The van der Waals surface area contributed by atoms with Gasteiger partial charge in [-0.2, -0.15) is 0 Å². The van der Waals surface area contributed by atoms with Crippen molar-refractivity contribution in [3.63, 3.8) is 0 Å². The van der Waals surface area contributed by atoms with Crippen LogP contribution in [0.25, 0.3) is 0 Å². The van der Waals surface area contributed by atoms with Gasteiger partial charge in [0.05, 0.1) is 24.4 Å². The monoisotopic (exact) mass is 719 g/mol. The molecule has 290 valence electrons. The smallest absolute Gasteiger partial charge is 0.329 e. The number of aliphatic hydroxyl groups is 4. The topological polar surface area (TPSA) is 163 Å². The zero-order valence-corrected chi connectivity index (χ0v) is 31.9. The summed E-state index contributed by atoms with van der Waals surface area (Å²) in [5.41, 5.74) is 2.83. The van der Waals surface area contributed by atoms with E-state index in [9.17, 15) is 34.8 Å². The van der Waals surface area contributed by atoms with E-state index in [1.54, 1.807) is 14.2 Å². The standard InChI is InChI=1S/C40H65NO10/c1-25-11-10-12-32(49-6)22-29(5)40(47,48)37(44)38(45)41-18-9-8-13-33(41)39(46)51-35(24-31(42)20-27(3)15-14-26(2)19-25)28(4)21-30-16-17-34(43)36(23-30)50-7/h14,21,25,29-36,42-43,47-48H,3,8-13,15-20,22-24H2,1-2,4-7H3/b26-14?,28-21+/t25?,29?,30?,31?,32?,33?,34-,35+,36?/m1/s1. The highest BCUT2D eigenvalue weighted by atomic mass is 16.5. The highest BCUT2D eigenvalue weighted by Gasteiger charge is 2.48. The second kappa shape index (κ2) is 20.2. The lowest BCUT2D eigenvalue weighted by Gasteiger charge is -2.37. The summed E-state index contributed by atoms with van der Waals surface area (Å²) in [7, 11) is 3.13. The maximum absolute atomic E-state index is 13.9. The molecule has 0 spiro atoms. The number of ketones is 1. The molecule has 3 rings (SSSR count). The Kier molecular flexibility index (Phi) is 17.0. The molecule has 2 heterocycles. The van der Waals surface area contributed by atoms with Crippen LogP contribution >= 0.6 is 0 Å². The third kappa shape index (κ3) is 12.6. The number of Topliss-reactive ketones (excluding diaryl/α,β-unsaturated/α-hetero) is 1. The Morgan fingerprint density at radius 1 is 0.961 bits per heavy atom. The van der Waals surface area contributed by atoms with E-state index in [-0.39, 0.29) is 43.9 Å². The van der Waals surface area contributed by atoms with Crippen LogP contribution in [0.4, 0.5) is 0 Å². The molecule has 3 aliphatic rings. The van der Waals surface area contributed by atoms with Crippen LogP contribution in [-0.4, -0.2) is 106 Å². The number of carbonyl (C=O) groups excluding carboxylic acids is 3. The quantitative estimate of drug-likeness (QED) is 0.136. The first-order valence-corrected chi connectivity index (χ1v) is 19.0. The molecule has 1 saturated carbocycles. The van der Waals surface area contributed by atoms with Crippen LogP contribution in [0.3, 0.4) is 0 Å². The molecule has 4 N–H and O–H groups in total. The lowest BCUT2D eigenvalue weighted by Crippen LogP contribution is -2.58. The molecule has 9 atom stereocenters. The van der Waals surface area contributed by atoms with Crippen LogP contribution in [0.1, 0.15) is 118 Å². The van der Waals surface area contributed by atoms with Gasteiger partial charge in [0.25, 0.3) is 11.7 Å². The molecule has 2 fully saturated rings. The van der Waals surface area contributed by atoms with E-state index in [1.807, 2.05) is 13.0 Å². The van der Waals surface area contributed by atoms with Gasteiger partial charge >= 0.3 is 5.97 Å². The number of amides is 1. The van der Waals surface area contributed by atoms with E-state index >= 15 is 0 Å². The first kappa shape index (κ1) is 43.0. The van der Waals surface area contributed by atoms with Crippen LogP contribution in [0, 0.1) is 17.8 Å². The number of ether oxygens (including phenoxy) is 3. The molecule has 1 amide bonds. The Morgan fingerprint density at radius 2 is 1.69 bits per heavy atom. The first-order chi connectivity index (χ1) is 24.1. The van der Waals surface area contributed by atoms with Crippen LogP contribution < -0.4 is 0 Å². The van der Waals surface area contributed by atoms with Crippen LogP contribution in [0.2, 0.25) is 0 Å². The van der Waals surface area contributed by atoms with Gasteiger partial charge in [-0.3, -0.25) is 9.59 Å². The molecule has 2 aliphatic heterocycles. The number of hydrogen-bond donors (Lipinski definition) is 4. The summed E-state index contributed by atoms with van der Waals surface area (Å²) in [5.74, 6) is -6.73. The summed E-state index contributed by atoms with van der Waals surface area (Å²) in [5, 5.41) is 43.7. The van der Waals surface area contributed by atoms with Crippen molar-refractivity contribution in [1.82, 2.24) is 4.90 Å². The lowest BCUT2D eigenvalue weighted by molar-refractivity contribution is -0.208. The normalized spacial score (nSPS) is 35.1. The summed E-state index contributed by atoms with van der Waals surface area (Å²) < 4.78 is 17.2. The maximum Gasteiger partial charge on any atom is 0.329 e. The molecular weight excluding hydrogens is 654 g/mol. The largest absolute Gasteiger partial charge is 0.456 e. The summed E-state index contributed by atoms with van der Waals surface area (Å²) >= 11 is 0. The van der Waals surface area contributed by atoms with E-state index in [4.69, 9.17) is 14.2 Å². The highest BCUT2D eigenvalue weighted by molar-refractivity contribution is 6.39. The Balaban J connectivity index is 1.93. The number of piperidine rings is 1. The summed E-state index contributed by atoms with van der Waals surface area (Å²) in [6.07, 6.45) is 9.11. The number of esters is 1. The SMILES string of the molecule is C=C1CC=C(C)CC(C)CCCC(OC)CC(C)C(O)(O)C(=O)C(=O)N2CCCCC2C(=O)O[C@H](/C(C)=C/C2CC[C@@H](O)C(OC)C2)CC(O)C1. The molecule has 11 nitrogen and oxygen atoms in total. The zero-order chi connectivity index (χ0) is 37.9. The van der Waals surface area contributed by atoms with Crippen molar-refractivity contribution < 1.29 is 49.0 Å². The highest BCUT2D eigenvalue weighted by Crippen LogP contribution is 2.32. The number of aliphatic hydroxyl groups excluding tert-OH is 2. The van der Waals surface area contributed by atoms with Crippen molar-refractivity contribution in [2.24, 2.45) is 17.8 Å². The van der Waals surface area contributed by atoms with E-state index in [2.05, 4.69) is 26.5 Å². The minimum absolute atomic E-state index is 0.0607. The summed E-state index contributed by atoms with van der Waals surface area (Å²) in [6.45, 7) is 11.9. The minimum Gasteiger partial charge on any atom is -0.456 e. The summed E-state index contributed by atoms with van der Waals surface area (Å²) in [6, 6.07) is -1.10. The van der Waals surface area contributed by atoms with E-state index in [0.29, 0.717) is 50.9 Å². The predicted molar refractivity (Wildman–Crippen MR) is 194 cm³/mol. The fourth-order valence-corrected chi connectivity index (χ4v) is 7.89. The van der Waals surface area contributed by atoms with Crippen molar-refractivity contribution in [3.05, 3.63) is 35.5 Å². The number of hydrogen-bond acceptors (Lipinski definition) is 10. The van der Waals surface area contributed by atoms with Gasteiger partial charge in [-0.05, 0) is 102 Å². The second-order valence-electron chi connectivity index (χ2n) is 15.6. The molecule has 0 bridgehead atoms. The molecule has 1 saturated heterocycles. The van der Waals surface area contributed by atoms with Gasteiger partial charge < -0.3 is 39.5 Å². The van der Waals surface area contributed by atoms with Crippen molar-refractivity contribution in [2.45, 2.75) is 160 Å². The average Bonchev–Trinajstić information content (AvgIpc) is 3.09. The third-order valence-corrected chi connectivity index (χ3v) is 11.2. The van der Waals surface area contributed by atoms with Crippen LogP contribution in [0.15, 0.2) is 35.5 Å². The van der Waals surface area contributed by atoms with Crippen LogP contribution in [-0.2, 0) is 28.6 Å². The number of cyclic esters (lactones) is 1. The number of rotatable bonds is 4. The van der Waals surface area contributed by atoms with Gasteiger partial charge in [0.2, 0.25) is 5.79 Å². The van der Waals surface area contributed by atoms with Gasteiger partial charge in [0.1, 0.15) is 12.1 Å². The van der Waals surface area contributed by atoms with Crippen molar-refractivity contribution in [1.29, 1.82) is 0 Å². The maximum atomic E-state index is 13.9. The number of carbonyl (C=O) groups is 3. The molecular formula is C40H65NO10. The van der Waals surface area contributed by atoms with E-state index in [0.717, 1.165) is 41.7 Å². The molecule has 0 radical (unpaired) electrons. The third-order valence-electron chi connectivity index (χ3n) is 11.2. The molecule has 0 aromatic heterocycles. The Labute approximate surface area is 305 Å².